The predicted molar refractivity (Wildman–Crippen MR) is 107 cm³/mol. The molecule has 1 heteroatoms. The summed E-state index contributed by atoms with van der Waals surface area (Å²) < 4.78 is 5.56. The fraction of sp³-hybridized carbons (Fsp3) is 0.250. The summed E-state index contributed by atoms with van der Waals surface area (Å²) in [5.74, 6) is 0.916. The van der Waals surface area contributed by atoms with Gasteiger partial charge in [0.05, 0.1) is 7.11 Å². The van der Waals surface area contributed by atoms with Crippen molar-refractivity contribution in [2.24, 2.45) is 0 Å². The minimum absolute atomic E-state index is 0.916. The average molecular weight is 330 g/mol. The van der Waals surface area contributed by atoms with Gasteiger partial charge in [0, 0.05) is 5.56 Å². The molecule has 0 unspecified atom stereocenters. The van der Waals surface area contributed by atoms with Gasteiger partial charge in [0.15, 0.2) is 0 Å². The Morgan fingerprint density at radius 1 is 0.800 bits per heavy atom. The maximum Gasteiger partial charge on any atom is 0.126 e. The van der Waals surface area contributed by atoms with Crippen LogP contribution in [0.25, 0.3) is 22.3 Å². The van der Waals surface area contributed by atoms with Gasteiger partial charge in [-0.1, -0.05) is 67.4 Å². The van der Waals surface area contributed by atoms with Crippen LogP contribution in [0.3, 0.4) is 0 Å². The first-order valence-electron chi connectivity index (χ1n) is 9.05. The largest absolute Gasteiger partial charge is 0.496 e. The third-order valence-corrected chi connectivity index (χ3v) is 4.61. The third kappa shape index (κ3) is 4.11. The molecule has 0 aliphatic rings. The lowest BCUT2D eigenvalue weighted by molar-refractivity contribution is 0.416. The van der Waals surface area contributed by atoms with E-state index in [1.807, 2.05) is 6.07 Å². The van der Waals surface area contributed by atoms with Gasteiger partial charge in [0.1, 0.15) is 5.75 Å². The molecular formula is C24H26O. The van der Waals surface area contributed by atoms with Gasteiger partial charge in [-0.25, -0.2) is 0 Å². The first kappa shape index (κ1) is 17.3. The van der Waals surface area contributed by atoms with E-state index in [2.05, 4.69) is 74.5 Å². The number of methoxy groups -OCH3 is 1. The summed E-state index contributed by atoms with van der Waals surface area (Å²) in [4.78, 5) is 0. The average Bonchev–Trinajstić information content (AvgIpc) is 2.66. The van der Waals surface area contributed by atoms with Crippen molar-refractivity contribution in [2.75, 3.05) is 7.11 Å². The minimum Gasteiger partial charge on any atom is -0.496 e. The summed E-state index contributed by atoms with van der Waals surface area (Å²) in [6.45, 7) is 4.35. The Balaban J connectivity index is 1.99. The molecule has 3 aromatic rings. The topological polar surface area (TPSA) is 9.23 Å². The summed E-state index contributed by atoms with van der Waals surface area (Å²) in [7, 11) is 1.73. The Kier molecular flexibility index (Phi) is 5.55. The monoisotopic (exact) mass is 330 g/mol. The highest BCUT2D eigenvalue weighted by molar-refractivity contribution is 5.77. The maximum atomic E-state index is 5.56. The molecule has 0 saturated heterocycles. The molecule has 0 bridgehead atoms. The molecule has 3 rings (SSSR count). The Morgan fingerprint density at radius 3 is 2.28 bits per heavy atom. The quantitative estimate of drug-likeness (QED) is 0.490. The fourth-order valence-electron chi connectivity index (χ4n) is 3.20. The van der Waals surface area contributed by atoms with Crippen molar-refractivity contribution in [3.05, 3.63) is 77.9 Å². The van der Waals surface area contributed by atoms with E-state index in [1.54, 1.807) is 7.11 Å². The van der Waals surface area contributed by atoms with E-state index in [4.69, 9.17) is 4.74 Å². The Hall–Kier alpha value is -2.54. The normalized spacial score (nSPS) is 10.7. The van der Waals surface area contributed by atoms with Gasteiger partial charge in [-0.05, 0) is 60.2 Å². The number of hydrogen-bond acceptors (Lipinski definition) is 1. The van der Waals surface area contributed by atoms with Crippen LogP contribution in [0.5, 0.6) is 5.75 Å². The van der Waals surface area contributed by atoms with Gasteiger partial charge in [0.25, 0.3) is 0 Å². The van der Waals surface area contributed by atoms with Crippen molar-refractivity contribution in [3.8, 4) is 28.0 Å². The van der Waals surface area contributed by atoms with Crippen molar-refractivity contribution < 1.29 is 4.74 Å². The highest BCUT2D eigenvalue weighted by Gasteiger charge is 2.08. The summed E-state index contributed by atoms with van der Waals surface area (Å²) in [6, 6.07) is 24.0. The molecule has 25 heavy (non-hydrogen) atoms. The molecule has 0 atom stereocenters. The molecule has 0 aliphatic carbocycles. The van der Waals surface area contributed by atoms with Crippen LogP contribution in [0.15, 0.2) is 66.7 Å². The van der Waals surface area contributed by atoms with Crippen LogP contribution in [0.4, 0.5) is 0 Å². The number of unbranched alkanes of at least 4 members (excludes halogenated alkanes) is 1. The highest BCUT2D eigenvalue weighted by Crippen LogP contribution is 2.33. The molecular weight excluding hydrogens is 304 g/mol. The second kappa shape index (κ2) is 8.02. The first-order chi connectivity index (χ1) is 12.2. The zero-order valence-corrected chi connectivity index (χ0v) is 15.4. The van der Waals surface area contributed by atoms with Crippen molar-refractivity contribution in [1.29, 1.82) is 0 Å². The van der Waals surface area contributed by atoms with E-state index in [9.17, 15) is 0 Å². The van der Waals surface area contributed by atoms with E-state index >= 15 is 0 Å². The lowest BCUT2D eigenvalue weighted by Crippen LogP contribution is -1.90. The second-order valence-electron chi connectivity index (χ2n) is 6.59. The van der Waals surface area contributed by atoms with E-state index in [0.29, 0.717) is 0 Å². The highest BCUT2D eigenvalue weighted by atomic mass is 16.5. The maximum absolute atomic E-state index is 5.56. The van der Waals surface area contributed by atoms with Crippen LogP contribution in [0.2, 0.25) is 0 Å². The molecule has 0 aromatic heterocycles. The number of hydrogen-bond donors (Lipinski definition) is 0. The minimum atomic E-state index is 0.916. The molecule has 0 N–H and O–H groups in total. The van der Waals surface area contributed by atoms with Crippen molar-refractivity contribution in [1.82, 2.24) is 0 Å². The molecule has 1 nitrogen and oxygen atoms in total. The summed E-state index contributed by atoms with van der Waals surface area (Å²) in [6.07, 6.45) is 3.62. The molecule has 0 heterocycles. The number of benzene rings is 3. The van der Waals surface area contributed by atoms with Crippen molar-refractivity contribution in [3.63, 3.8) is 0 Å². The van der Waals surface area contributed by atoms with Gasteiger partial charge in [0.2, 0.25) is 0 Å². The van der Waals surface area contributed by atoms with Crippen molar-refractivity contribution >= 4 is 0 Å². The van der Waals surface area contributed by atoms with Crippen LogP contribution in [0, 0.1) is 6.92 Å². The van der Waals surface area contributed by atoms with Gasteiger partial charge in [-0.2, -0.15) is 0 Å². The summed E-state index contributed by atoms with van der Waals surface area (Å²) >= 11 is 0. The van der Waals surface area contributed by atoms with E-state index in [-0.39, 0.29) is 0 Å². The van der Waals surface area contributed by atoms with Crippen LogP contribution >= 0.6 is 0 Å². The van der Waals surface area contributed by atoms with Crippen molar-refractivity contribution in [2.45, 2.75) is 33.1 Å². The molecule has 0 spiro atoms. The van der Waals surface area contributed by atoms with Gasteiger partial charge in [-0.15, -0.1) is 0 Å². The predicted octanol–water partition coefficient (Wildman–Crippen LogP) is 6.68. The lowest BCUT2D eigenvalue weighted by Gasteiger charge is -2.12. The van der Waals surface area contributed by atoms with Crippen LogP contribution in [-0.4, -0.2) is 7.11 Å². The Labute approximate surface area is 151 Å². The molecule has 0 saturated carbocycles. The zero-order chi connectivity index (χ0) is 17.6. The molecule has 0 fully saturated rings. The molecule has 128 valence electrons. The van der Waals surface area contributed by atoms with Crippen LogP contribution in [-0.2, 0) is 6.42 Å². The van der Waals surface area contributed by atoms with Gasteiger partial charge in [-0.3, -0.25) is 0 Å². The SMILES string of the molecule is CCCCc1cccc(-c2cccc(-c3cc(C)ccc3OC)c2)c1. The Morgan fingerprint density at radius 2 is 1.52 bits per heavy atom. The fourth-order valence-corrected chi connectivity index (χ4v) is 3.20. The van der Waals surface area contributed by atoms with Crippen LogP contribution in [0.1, 0.15) is 30.9 Å². The third-order valence-electron chi connectivity index (χ3n) is 4.61. The first-order valence-corrected chi connectivity index (χ1v) is 9.05. The number of aryl methyl sites for hydroxylation is 2. The molecule has 0 aliphatic heterocycles. The summed E-state index contributed by atoms with van der Waals surface area (Å²) in [5.41, 5.74) is 7.52. The van der Waals surface area contributed by atoms with Crippen LogP contribution < -0.4 is 4.74 Å². The molecule has 3 aromatic carbocycles. The van der Waals surface area contributed by atoms with Gasteiger partial charge >= 0.3 is 0 Å². The van der Waals surface area contributed by atoms with E-state index < -0.39 is 0 Å². The number of rotatable bonds is 6. The standard InChI is InChI=1S/C24H26O/c1-4-5-8-19-9-6-10-20(16-19)21-11-7-12-22(17-21)23-15-18(2)13-14-24(23)25-3/h6-7,9-17H,4-5,8H2,1-3H3. The molecule has 0 amide bonds. The smallest absolute Gasteiger partial charge is 0.126 e. The Bertz CT molecular complexity index is 848. The second-order valence-corrected chi connectivity index (χ2v) is 6.59. The lowest BCUT2D eigenvalue weighted by atomic mass is 9.96. The van der Waals surface area contributed by atoms with E-state index in [1.165, 1.54) is 40.7 Å². The molecule has 0 radical (unpaired) electrons. The van der Waals surface area contributed by atoms with E-state index in [0.717, 1.165) is 17.7 Å². The zero-order valence-electron chi connectivity index (χ0n) is 15.4. The van der Waals surface area contributed by atoms with Gasteiger partial charge < -0.3 is 4.74 Å². The number of ether oxygens (including phenoxy) is 1. The summed E-state index contributed by atoms with van der Waals surface area (Å²) in [5, 5.41) is 0.